The van der Waals surface area contributed by atoms with Crippen molar-refractivity contribution in [1.82, 2.24) is 10.2 Å². The van der Waals surface area contributed by atoms with Crippen LogP contribution in [-0.4, -0.2) is 42.4 Å². The number of carbonyl (C=O) groups excluding carboxylic acids is 2. The SMILES string of the molecule is C[C@@H](N)C(=O)NCCC(=O)N1CCCCCC1.Cl. The molecule has 3 N–H and O–H groups in total. The van der Waals surface area contributed by atoms with E-state index < -0.39 is 6.04 Å². The fourth-order valence-corrected chi connectivity index (χ4v) is 1.93. The summed E-state index contributed by atoms with van der Waals surface area (Å²) >= 11 is 0. The highest BCUT2D eigenvalue weighted by atomic mass is 35.5. The molecule has 0 aromatic rings. The Morgan fingerprint density at radius 1 is 1.22 bits per heavy atom. The molecule has 0 unspecified atom stereocenters. The van der Waals surface area contributed by atoms with Crippen LogP contribution in [0.2, 0.25) is 0 Å². The van der Waals surface area contributed by atoms with Gasteiger partial charge in [0.15, 0.2) is 0 Å². The fourth-order valence-electron chi connectivity index (χ4n) is 1.93. The predicted molar refractivity (Wildman–Crippen MR) is 73.6 cm³/mol. The second-order valence-electron chi connectivity index (χ2n) is 4.62. The minimum atomic E-state index is -0.511. The van der Waals surface area contributed by atoms with Gasteiger partial charge in [0.05, 0.1) is 6.04 Å². The maximum atomic E-state index is 11.8. The van der Waals surface area contributed by atoms with Crippen LogP contribution in [0.3, 0.4) is 0 Å². The summed E-state index contributed by atoms with van der Waals surface area (Å²) in [7, 11) is 0. The minimum Gasteiger partial charge on any atom is -0.354 e. The van der Waals surface area contributed by atoms with Crippen LogP contribution in [0.5, 0.6) is 0 Å². The second kappa shape index (κ2) is 9.16. The van der Waals surface area contributed by atoms with Crippen LogP contribution < -0.4 is 11.1 Å². The summed E-state index contributed by atoms with van der Waals surface area (Å²) in [6.07, 6.45) is 4.99. The summed E-state index contributed by atoms with van der Waals surface area (Å²) < 4.78 is 0. The number of nitrogens with two attached hydrogens (primary N) is 1. The molecule has 1 atom stereocenters. The lowest BCUT2D eigenvalue weighted by Gasteiger charge is -2.20. The van der Waals surface area contributed by atoms with Crippen LogP contribution in [0.25, 0.3) is 0 Å². The lowest BCUT2D eigenvalue weighted by molar-refractivity contribution is -0.131. The molecule has 18 heavy (non-hydrogen) atoms. The second-order valence-corrected chi connectivity index (χ2v) is 4.62. The van der Waals surface area contributed by atoms with Gasteiger partial charge in [-0.15, -0.1) is 12.4 Å². The van der Waals surface area contributed by atoms with Gasteiger partial charge < -0.3 is 16.0 Å². The molecule has 1 fully saturated rings. The highest BCUT2D eigenvalue weighted by Gasteiger charge is 2.15. The Hall–Kier alpha value is -0.810. The first-order valence-electron chi connectivity index (χ1n) is 6.42. The van der Waals surface area contributed by atoms with Crippen LogP contribution in [0.15, 0.2) is 0 Å². The third-order valence-corrected chi connectivity index (χ3v) is 3.01. The zero-order chi connectivity index (χ0) is 12.7. The molecule has 0 radical (unpaired) electrons. The van der Waals surface area contributed by atoms with E-state index in [4.69, 9.17) is 5.73 Å². The lowest BCUT2D eigenvalue weighted by atomic mass is 10.2. The number of halogens is 1. The third-order valence-electron chi connectivity index (χ3n) is 3.01. The Morgan fingerprint density at radius 3 is 2.28 bits per heavy atom. The predicted octanol–water partition coefficient (Wildman–Crippen LogP) is 0.664. The highest BCUT2D eigenvalue weighted by molar-refractivity contribution is 5.85. The number of nitrogens with zero attached hydrogens (tertiary/aromatic N) is 1. The zero-order valence-electron chi connectivity index (χ0n) is 11.0. The standard InChI is InChI=1S/C12H23N3O2.ClH/c1-10(13)12(17)14-7-6-11(16)15-8-4-2-3-5-9-15;/h10H,2-9,13H2,1H3,(H,14,17);1H/t10-;/m1./s1. The summed E-state index contributed by atoms with van der Waals surface area (Å²) in [6.45, 7) is 3.74. The topological polar surface area (TPSA) is 75.4 Å². The van der Waals surface area contributed by atoms with Crippen molar-refractivity contribution in [2.24, 2.45) is 5.73 Å². The molecule has 5 nitrogen and oxygen atoms in total. The van der Waals surface area contributed by atoms with Gasteiger partial charge in [-0.2, -0.15) is 0 Å². The van der Waals surface area contributed by atoms with Gasteiger partial charge in [0.25, 0.3) is 0 Å². The van der Waals surface area contributed by atoms with Crippen molar-refractivity contribution in [3.05, 3.63) is 0 Å². The highest BCUT2D eigenvalue weighted by Crippen LogP contribution is 2.10. The number of hydrogen-bond donors (Lipinski definition) is 2. The molecule has 0 spiro atoms. The number of carbonyl (C=O) groups is 2. The van der Waals surface area contributed by atoms with Gasteiger partial charge in [-0.05, 0) is 19.8 Å². The monoisotopic (exact) mass is 277 g/mol. The van der Waals surface area contributed by atoms with E-state index in [0.717, 1.165) is 25.9 Å². The van der Waals surface area contributed by atoms with E-state index in [-0.39, 0.29) is 24.2 Å². The van der Waals surface area contributed by atoms with Gasteiger partial charge in [-0.3, -0.25) is 9.59 Å². The molecule has 1 rings (SSSR count). The lowest BCUT2D eigenvalue weighted by Crippen LogP contribution is -2.40. The number of hydrogen-bond acceptors (Lipinski definition) is 3. The van der Waals surface area contributed by atoms with Crippen molar-refractivity contribution >= 4 is 24.2 Å². The van der Waals surface area contributed by atoms with E-state index in [9.17, 15) is 9.59 Å². The number of amides is 2. The summed E-state index contributed by atoms with van der Waals surface area (Å²) in [5.74, 6) is -0.0643. The molecule has 0 saturated carbocycles. The zero-order valence-corrected chi connectivity index (χ0v) is 11.8. The van der Waals surface area contributed by atoms with Crippen LogP contribution in [0.1, 0.15) is 39.0 Å². The first-order valence-corrected chi connectivity index (χ1v) is 6.42. The molecular formula is C12H24ClN3O2. The van der Waals surface area contributed by atoms with E-state index in [2.05, 4.69) is 5.32 Å². The summed E-state index contributed by atoms with van der Waals surface area (Å²) in [5.41, 5.74) is 5.41. The van der Waals surface area contributed by atoms with E-state index >= 15 is 0 Å². The van der Waals surface area contributed by atoms with E-state index in [1.54, 1.807) is 6.92 Å². The largest absolute Gasteiger partial charge is 0.354 e. The Morgan fingerprint density at radius 2 is 1.78 bits per heavy atom. The molecule has 0 aromatic heterocycles. The first kappa shape index (κ1) is 17.2. The van der Waals surface area contributed by atoms with Crippen molar-refractivity contribution in [3.8, 4) is 0 Å². The molecule has 1 saturated heterocycles. The Kier molecular flexibility index (Phi) is 8.75. The van der Waals surface area contributed by atoms with E-state index in [1.807, 2.05) is 4.90 Å². The van der Waals surface area contributed by atoms with Gasteiger partial charge in [0.1, 0.15) is 0 Å². The van der Waals surface area contributed by atoms with Crippen LogP contribution >= 0.6 is 12.4 Å². The van der Waals surface area contributed by atoms with Crippen LogP contribution in [0.4, 0.5) is 0 Å². The normalized spacial score (nSPS) is 17.3. The first-order chi connectivity index (χ1) is 8.11. The van der Waals surface area contributed by atoms with E-state index in [1.165, 1.54) is 12.8 Å². The Balaban J connectivity index is 0.00000289. The fraction of sp³-hybridized carbons (Fsp3) is 0.833. The van der Waals surface area contributed by atoms with Crippen molar-refractivity contribution in [3.63, 3.8) is 0 Å². The molecule has 1 heterocycles. The minimum absolute atomic E-state index is 0. The van der Waals surface area contributed by atoms with Crippen molar-refractivity contribution in [1.29, 1.82) is 0 Å². The van der Waals surface area contributed by atoms with Crippen molar-refractivity contribution < 1.29 is 9.59 Å². The maximum absolute atomic E-state index is 11.8. The molecule has 6 heteroatoms. The smallest absolute Gasteiger partial charge is 0.236 e. The molecule has 0 bridgehead atoms. The Labute approximate surface area is 115 Å². The van der Waals surface area contributed by atoms with Crippen LogP contribution in [-0.2, 0) is 9.59 Å². The van der Waals surface area contributed by atoms with Gasteiger partial charge in [0.2, 0.25) is 11.8 Å². The quantitative estimate of drug-likeness (QED) is 0.793. The molecule has 0 aromatic carbocycles. The summed E-state index contributed by atoms with van der Waals surface area (Å²) in [5, 5.41) is 2.66. The van der Waals surface area contributed by atoms with Crippen molar-refractivity contribution in [2.45, 2.75) is 45.1 Å². The number of likely N-dealkylation sites (tertiary alicyclic amines) is 1. The molecule has 1 aliphatic heterocycles. The molecule has 106 valence electrons. The molecule has 0 aliphatic carbocycles. The van der Waals surface area contributed by atoms with Crippen molar-refractivity contribution in [2.75, 3.05) is 19.6 Å². The summed E-state index contributed by atoms with van der Waals surface area (Å²) in [4.78, 5) is 24.9. The molecular weight excluding hydrogens is 254 g/mol. The van der Waals surface area contributed by atoms with Gasteiger partial charge in [-0.1, -0.05) is 12.8 Å². The Bertz CT molecular complexity index is 264. The van der Waals surface area contributed by atoms with Gasteiger partial charge in [0, 0.05) is 26.1 Å². The molecule has 2 amide bonds. The summed E-state index contributed by atoms with van der Waals surface area (Å²) in [6, 6.07) is -0.511. The van der Waals surface area contributed by atoms with Gasteiger partial charge in [-0.25, -0.2) is 0 Å². The van der Waals surface area contributed by atoms with Gasteiger partial charge >= 0.3 is 0 Å². The van der Waals surface area contributed by atoms with E-state index in [0.29, 0.717) is 13.0 Å². The molecule has 1 aliphatic rings. The number of nitrogens with one attached hydrogen (secondary N) is 1. The third kappa shape index (κ3) is 6.21. The van der Waals surface area contributed by atoms with Crippen LogP contribution in [0, 0.1) is 0 Å². The number of rotatable bonds is 4. The average molecular weight is 278 g/mol. The maximum Gasteiger partial charge on any atom is 0.236 e. The average Bonchev–Trinajstić information content (AvgIpc) is 2.57.